The van der Waals surface area contributed by atoms with Gasteiger partial charge in [0.15, 0.2) is 11.9 Å². The van der Waals surface area contributed by atoms with E-state index >= 15 is 0 Å². The number of hydrogen-bond donors (Lipinski definition) is 0. The maximum Gasteiger partial charge on any atom is 0.163 e. The zero-order valence-electron chi connectivity index (χ0n) is 9.56. The van der Waals surface area contributed by atoms with Crippen molar-refractivity contribution in [1.29, 1.82) is 0 Å². The average molecular weight is 281 g/mol. The van der Waals surface area contributed by atoms with Crippen molar-refractivity contribution < 1.29 is 18.9 Å². The molecule has 0 saturated carbocycles. The van der Waals surface area contributed by atoms with E-state index in [4.69, 9.17) is 42.1 Å². The maximum absolute atomic E-state index is 5.78. The minimum Gasteiger partial charge on any atom is -0.493 e. The standard InChI is InChI=1S/C11H14Cl2O4/c1-11(2)16-5-8-10(17-11)7(3-4-14-8)15-6-9(12)13/h3-4,6-8,10H,5H2,1-2H3/t7-,8-,10+/m1/s1. The summed E-state index contributed by atoms with van der Waals surface area (Å²) in [6.45, 7) is 4.16. The van der Waals surface area contributed by atoms with Gasteiger partial charge in [0.1, 0.15) is 23.0 Å². The van der Waals surface area contributed by atoms with E-state index in [-0.39, 0.29) is 22.8 Å². The van der Waals surface area contributed by atoms with Gasteiger partial charge in [0, 0.05) is 0 Å². The predicted octanol–water partition coefficient (Wildman–Crippen LogP) is 2.71. The monoisotopic (exact) mass is 280 g/mol. The van der Waals surface area contributed by atoms with Crippen LogP contribution in [0, 0.1) is 0 Å². The molecule has 17 heavy (non-hydrogen) atoms. The first-order chi connectivity index (χ1) is 7.98. The fourth-order valence-corrected chi connectivity index (χ4v) is 1.90. The van der Waals surface area contributed by atoms with Crippen LogP contribution < -0.4 is 0 Å². The second-order valence-electron chi connectivity index (χ2n) is 4.30. The molecule has 3 atom stereocenters. The molecular weight excluding hydrogens is 267 g/mol. The van der Waals surface area contributed by atoms with Crippen LogP contribution in [0.2, 0.25) is 0 Å². The lowest BCUT2D eigenvalue weighted by molar-refractivity contribution is -0.318. The smallest absolute Gasteiger partial charge is 0.163 e. The lowest BCUT2D eigenvalue weighted by atomic mass is 10.0. The minimum absolute atomic E-state index is 0.0627. The summed E-state index contributed by atoms with van der Waals surface area (Å²) in [6.07, 6.45) is 3.91. The van der Waals surface area contributed by atoms with Crippen molar-refractivity contribution in [3.05, 3.63) is 23.1 Å². The van der Waals surface area contributed by atoms with E-state index in [0.29, 0.717) is 6.61 Å². The van der Waals surface area contributed by atoms with Gasteiger partial charge in [-0.3, -0.25) is 0 Å². The Hall–Kier alpha value is -0.420. The number of halogens is 2. The molecule has 0 bridgehead atoms. The average Bonchev–Trinajstić information content (AvgIpc) is 2.25. The Morgan fingerprint density at radius 3 is 2.94 bits per heavy atom. The highest BCUT2D eigenvalue weighted by Crippen LogP contribution is 2.30. The Morgan fingerprint density at radius 2 is 2.24 bits per heavy atom. The first-order valence-electron chi connectivity index (χ1n) is 5.28. The molecule has 1 saturated heterocycles. The molecule has 0 radical (unpaired) electrons. The summed E-state index contributed by atoms with van der Waals surface area (Å²) < 4.78 is 22.2. The summed E-state index contributed by atoms with van der Waals surface area (Å²) in [5.74, 6) is -0.647. The number of rotatable bonds is 2. The molecule has 4 nitrogen and oxygen atoms in total. The number of fused-ring (bicyclic) bond motifs is 1. The van der Waals surface area contributed by atoms with Gasteiger partial charge in [0.2, 0.25) is 0 Å². The minimum atomic E-state index is -0.647. The lowest BCUT2D eigenvalue weighted by Crippen LogP contribution is -2.55. The Morgan fingerprint density at radius 1 is 1.47 bits per heavy atom. The van der Waals surface area contributed by atoms with Gasteiger partial charge in [-0.2, -0.15) is 0 Å². The highest BCUT2D eigenvalue weighted by atomic mass is 35.5. The molecule has 0 N–H and O–H groups in total. The largest absolute Gasteiger partial charge is 0.493 e. The van der Waals surface area contributed by atoms with Crippen molar-refractivity contribution in [3.8, 4) is 0 Å². The summed E-state index contributed by atoms with van der Waals surface area (Å²) >= 11 is 11.0. The lowest BCUT2D eigenvalue weighted by Gasteiger charge is -2.43. The molecule has 0 aromatic rings. The molecule has 0 aromatic carbocycles. The Labute approximate surface area is 110 Å². The van der Waals surface area contributed by atoms with Crippen LogP contribution in [0.1, 0.15) is 13.8 Å². The predicted molar refractivity (Wildman–Crippen MR) is 63.6 cm³/mol. The van der Waals surface area contributed by atoms with Crippen LogP contribution in [0.3, 0.4) is 0 Å². The first-order valence-corrected chi connectivity index (χ1v) is 6.04. The SMILES string of the molecule is CC1(C)OC[C@H]2OC=C[C@@H](OC=C(Cl)Cl)[C@@H]2O1. The van der Waals surface area contributed by atoms with Crippen molar-refractivity contribution >= 4 is 23.2 Å². The third kappa shape index (κ3) is 3.28. The van der Waals surface area contributed by atoms with Crippen LogP contribution in [0.15, 0.2) is 23.1 Å². The molecule has 1 fully saturated rings. The van der Waals surface area contributed by atoms with Gasteiger partial charge >= 0.3 is 0 Å². The van der Waals surface area contributed by atoms with E-state index in [0.717, 1.165) is 0 Å². The van der Waals surface area contributed by atoms with E-state index in [2.05, 4.69) is 0 Å². The third-order valence-corrected chi connectivity index (χ3v) is 2.72. The van der Waals surface area contributed by atoms with E-state index in [9.17, 15) is 0 Å². The molecule has 2 aliphatic heterocycles. The first kappa shape index (κ1) is 13.0. The van der Waals surface area contributed by atoms with Crippen LogP contribution in [0.25, 0.3) is 0 Å². The van der Waals surface area contributed by atoms with Crippen LogP contribution in [-0.4, -0.2) is 30.7 Å². The highest BCUT2D eigenvalue weighted by molar-refractivity contribution is 6.55. The second kappa shape index (κ2) is 5.06. The van der Waals surface area contributed by atoms with Crippen molar-refractivity contribution in [3.63, 3.8) is 0 Å². The Balaban J connectivity index is 2.08. The molecule has 2 aliphatic rings. The highest BCUT2D eigenvalue weighted by Gasteiger charge is 2.43. The van der Waals surface area contributed by atoms with Gasteiger partial charge < -0.3 is 18.9 Å². The van der Waals surface area contributed by atoms with Crippen molar-refractivity contribution in [2.75, 3.05) is 6.61 Å². The van der Waals surface area contributed by atoms with Crippen molar-refractivity contribution in [2.24, 2.45) is 0 Å². The van der Waals surface area contributed by atoms with Gasteiger partial charge in [-0.1, -0.05) is 23.2 Å². The fraction of sp³-hybridized carbons (Fsp3) is 0.636. The van der Waals surface area contributed by atoms with E-state index in [1.807, 2.05) is 13.8 Å². The fourth-order valence-electron chi connectivity index (χ4n) is 1.80. The maximum atomic E-state index is 5.78. The quantitative estimate of drug-likeness (QED) is 0.729. The molecular formula is C11H14Cl2O4. The molecule has 0 spiro atoms. The Kier molecular flexibility index (Phi) is 3.88. The molecule has 2 rings (SSSR count). The number of hydrogen-bond acceptors (Lipinski definition) is 4. The van der Waals surface area contributed by atoms with E-state index in [1.54, 1.807) is 12.3 Å². The number of ether oxygens (including phenoxy) is 4. The summed E-state index contributed by atoms with van der Waals surface area (Å²) in [7, 11) is 0. The van der Waals surface area contributed by atoms with Gasteiger partial charge in [-0.15, -0.1) is 0 Å². The van der Waals surface area contributed by atoms with Crippen LogP contribution in [0.4, 0.5) is 0 Å². The molecule has 6 heteroatoms. The van der Waals surface area contributed by atoms with E-state index < -0.39 is 5.79 Å². The second-order valence-corrected chi connectivity index (χ2v) is 5.31. The Bertz CT molecular complexity index is 336. The topological polar surface area (TPSA) is 36.9 Å². The normalized spacial score (nSPS) is 34.5. The molecule has 0 aromatic heterocycles. The molecule has 96 valence electrons. The summed E-state index contributed by atoms with van der Waals surface area (Å²) in [5.41, 5.74) is 0. The van der Waals surface area contributed by atoms with Gasteiger partial charge in [-0.25, -0.2) is 0 Å². The van der Waals surface area contributed by atoms with Crippen LogP contribution in [-0.2, 0) is 18.9 Å². The third-order valence-electron chi connectivity index (χ3n) is 2.54. The summed E-state index contributed by atoms with van der Waals surface area (Å²) in [5, 5.41) is 0. The summed E-state index contributed by atoms with van der Waals surface area (Å²) in [6, 6.07) is 0. The molecule has 0 unspecified atom stereocenters. The zero-order valence-corrected chi connectivity index (χ0v) is 11.1. The van der Waals surface area contributed by atoms with Gasteiger partial charge in [0.05, 0.1) is 12.9 Å². The van der Waals surface area contributed by atoms with Crippen LogP contribution >= 0.6 is 23.2 Å². The molecule has 0 amide bonds. The van der Waals surface area contributed by atoms with Crippen molar-refractivity contribution in [1.82, 2.24) is 0 Å². The molecule has 0 aliphatic carbocycles. The van der Waals surface area contributed by atoms with Gasteiger partial charge in [-0.05, 0) is 19.9 Å². The van der Waals surface area contributed by atoms with Crippen LogP contribution in [0.5, 0.6) is 0 Å². The van der Waals surface area contributed by atoms with E-state index in [1.165, 1.54) is 6.26 Å². The van der Waals surface area contributed by atoms with Gasteiger partial charge in [0.25, 0.3) is 0 Å². The zero-order chi connectivity index (χ0) is 12.5. The molecule has 2 heterocycles. The van der Waals surface area contributed by atoms with Crippen molar-refractivity contribution in [2.45, 2.75) is 37.9 Å². The summed E-state index contributed by atoms with van der Waals surface area (Å²) in [4.78, 5) is 0.